The number of likely N-dealkylation sites (N-methyl/N-ethyl adjacent to an activating group) is 1. The smallest absolute Gasteiger partial charge is 0.203 e. The first-order valence-corrected chi connectivity index (χ1v) is 5.68. The minimum Gasteiger partial charge on any atom is -0.424 e. The molecule has 0 atom stereocenters. The fourth-order valence-electron chi connectivity index (χ4n) is 2.00. The molecule has 6 heteroatoms. The van der Waals surface area contributed by atoms with Crippen molar-refractivity contribution in [3.05, 3.63) is 22.9 Å². The van der Waals surface area contributed by atoms with Gasteiger partial charge in [0.05, 0.1) is 17.2 Å². The first-order valence-electron chi connectivity index (χ1n) is 5.68. The molecular weight excluding hydrogens is 234 g/mol. The normalized spacial score (nSPS) is 16.5. The molecule has 0 aromatic rings. The van der Waals surface area contributed by atoms with Crippen molar-refractivity contribution < 1.29 is 14.3 Å². The summed E-state index contributed by atoms with van der Waals surface area (Å²) in [5, 5.41) is 8.65. The van der Waals surface area contributed by atoms with E-state index in [9.17, 15) is 9.59 Å². The maximum atomic E-state index is 11.7. The summed E-state index contributed by atoms with van der Waals surface area (Å²) in [6, 6.07) is -0.473. The monoisotopic (exact) mass is 253 g/mol. The van der Waals surface area contributed by atoms with Crippen LogP contribution in [0.15, 0.2) is 22.9 Å². The first-order chi connectivity index (χ1) is 8.47. The third-order valence-electron chi connectivity index (χ3n) is 2.77. The molecule has 0 saturated heterocycles. The van der Waals surface area contributed by atoms with Gasteiger partial charge in [0, 0.05) is 14.1 Å². The maximum absolute atomic E-state index is 11.7. The molecule has 0 aromatic heterocycles. The van der Waals surface area contributed by atoms with Gasteiger partial charge in [0.2, 0.25) is 11.8 Å². The topological polar surface area (TPSA) is 79.5 Å². The average molecular weight is 253 g/mol. The molecule has 0 spiro atoms. The average Bonchev–Trinajstić information content (AvgIpc) is 2.35. The number of ether oxygens (including phenoxy) is 1. The number of carbonyl (C=O) groups excluding carboxylic acids is 2. The van der Waals surface area contributed by atoms with Crippen molar-refractivity contribution in [3.63, 3.8) is 0 Å². The van der Waals surface area contributed by atoms with E-state index in [2.05, 4.69) is 16.0 Å². The van der Waals surface area contributed by atoms with Gasteiger partial charge in [0.25, 0.3) is 0 Å². The highest BCUT2D eigenvalue weighted by atomic mass is 16.5. The molecule has 1 aliphatic rings. The number of hydrogen-bond donors (Lipinski definition) is 3. The van der Waals surface area contributed by atoms with E-state index in [0.717, 1.165) is 0 Å². The third kappa shape index (κ3) is 2.38. The molecule has 0 unspecified atom stereocenters. The lowest BCUT2D eigenvalue weighted by molar-refractivity contribution is -0.114. The lowest BCUT2D eigenvalue weighted by Crippen LogP contribution is -2.42. The molecule has 1 aliphatic heterocycles. The Balaban J connectivity index is 3.38. The summed E-state index contributed by atoms with van der Waals surface area (Å²) in [4.78, 5) is 23.5. The van der Waals surface area contributed by atoms with E-state index >= 15 is 0 Å². The molecule has 0 fully saturated rings. The van der Waals surface area contributed by atoms with Gasteiger partial charge in [0.1, 0.15) is 0 Å². The van der Waals surface area contributed by atoms with Crippen LogP contribution in [0.3, 0.4) is 0 Å². The van der Waals surface area contributed by atoms with Crippen LogP contribution in [-0.4, -0.2) is 38.8 Å². The predicted molar refractivity (Wildman–Crippen MR) is 67.5 cm³/mol. The van der Waals surface area contributed by atoms with Gasteiger partial charge in [-0.05, 0) is 20.9 Å². The Morgan fingerprint density at radius 2 is 1.33 bits per heavy atom. The minimum absolute atomic E-state index is 0.146. The van der Waals surface area contributed by atoms with E-state index in [4.69, 9.17) is 4.74 Å². The van der Waals surface area contributed by atoms with Crippen LogP contribution in [0.2, 0.25) is 0 Å². The van der Waals surface area contributed by atoms with Crippen molar-refractivity contribution in [2.45, 2.75) is 19.9 Å². The van der Waals surface area contributed by atoms with Crippen molar-refractivity contribution in [3.8, 4) is 0 Å². The number of carbonyl (C=O) groups is 2. The second-order valence-corrected chi connectivity index (χ2v) is 3.92. The summed E-state index contributed by atoms with van der Waals surface area (Å²) >= 11 is 0. The summed E-state index contributed by atoms with van der Waals surface area (Å²) in [7, 11) is 5.02. The van der Waals surface area contributed by atoms with Crippen LogP contribution < -0.4 is 16.0 Å². The maximum Gasteiger partial charge on any atom is 0.203 e. The fraction of sp³-hybridized carbons (Fsp3) is 0.500. The Bertz CT molecular complexity index is 400. The number of Topliss-reactive ketones (excluding diaryl/α,β-unsaturated/α-hetero) is 2. The summed E-state index contributed by atoms with van der Waals surface area (Å²) in [5.41, 5.74) is 0.841. The molecule has 0 saturated carbocycles. The Labute approximate surface area is 106 Å². The SMILES string of the molecule is CNC1=C(C(C)=O)C(NC)C(C(C)=O)=C(NC)O1. The van der Waals surface area contributed by atoms with Crippen molar-refractivity contribution >= 4 is 11.6 Å². The summed E-state index contributed by atoms with van der Waals surface area (Å²) in [6.07, 6.45) is 0. The Hall–Kier alpha value is -1.82. The molecule has 0 bridgehead atoms. The highest BCUT2D eigenvalue weighted by molar-refractivity contribution is 6.02. The van der Waals surface area contributed by atoms with Gasteiger partial charge in [-0.25, -0.2) is 0 Å². The number of hydrogen-bond acceptors (Lipinski definition) is 6. The van der Waals surface area contributed by atoms with Crippen LogP contribution in [0.4, 0.5) is 0 Å². The predicted octanol–water partition coefficient (Wildman–Crippen LogP) is -0.355. The molecule has 1 rings (SSSR count). The second kappa shape index (κ2) is 5.68. The molecule has 1 heterocycles. The van der Waals surface area contributed by atoms with E-state index in [1.807, 2.05) is 0 Å². The van der Waals surface area contributed by atoms with Crippen molar-refractivity contribution in [1.29, 1.82) is 0 Å². The molecule has 3 N–H and O–H groups in total. The first kappa shape index (κ1) is 14.2. The van der Waals surface area contributed by atoms with Crippen molar-refractivity contribution in [2.75, 3.05) is 21.1 Å². The highest BCUT2D eigenvalue weighted by Gasteiger charge is 2.35. The van der Waals surface area contributed by atoms with Crippen molar-refractivity contribution in [1.82, 2.24) is 16.0 Å². The van der Waals surface area contributed by atoms with Crippen LogP contribution in [-0.2, 0) is 14.3 Å². The third-order valence-corrected chi connectivity index (χ3v) is 2.77. The van der Waals surface area contributed by atoms with Crippen molar-refractivity contribution in [2.24, 2.45) is 0 Å². The Morgan fingerprint density at radius 1 is 0.944 bits per heavy atom. The van der Waals surface area contributed by atoms with Crippen LogP contribution >= 0.6 is 0 Å². The van der Waals surface area contributed by atoms with Crippen LogP contribution in [0.1, 0.15) is 13.8 Å². The molecule has 100 valence electrons. The van der Waals surface area contributed by atoms with E-state index in [-0.39, 0.29) is 11.6 Å². The van der Waals surface area contributed by atoms with Gasteiger partial charge in [0.15, 0.2) is 11.6 Å². The summed E-state index contributed by atoms with van der Waals surface area (Å²) in [6.45, 7) is 2.89. The zero-order chi connectivity index (χ0) is 13.9. The number of ketones is 2. The number of nitrogens with one attached hydrogen (secondary N) is 3. The van der Waals surface area contributed by atoms with Crippen LogP contribution in [0.5, 0.6) is 0 Å². The zero-order valence-electron chi connectivity index (χ0n) is 11.3. The van der Waals surface area contributed by atoms with E-state index in [0.29, 0.717) is 22.9 Å². The lowest BCUT2D eigenvalue weighted by Gasteiger charge is -2.30. The van der Waals surface area contributed by atoms with Gasteiger partial charge in [-0.2, -0.15) is 0 Å². The fourth-order valence-corrected chi connectivity index (χ4v) is 2.00. The molecule has 0 aromatic carbocycles. The lowest BCUT2D eigenvalue weighted by atomic mass is 9.92. The second-order valence-electron chi connectivity index (χ2n) is 3.92. The summed E-state index contributed by atoms with van der Waals surface area (Å²) < 4.78 is 5.52. The minimum atomic E-state index is -0.473. The highest BCUT2D eigenvalue weighted by Crippen LogP contribution is 2.26. The van der Waals surface area contributed by atoms with Gasteiger partial charge in [-0.1, -0.05) is 0 Å². The Morgan fingerprint density at radius 3 is 1.56 bits per heavy atom. The summed E-state index contributed by atoms with van der Waals surface area (Å²) in [5.74, 6) is 0.424. The largest absolute Gasteiger partial charge is 0.424 e. The Kier molecular flexibility index (Phi) is 4.49. The molecule has 0 amide bonds. The molecule has 6 nitrogen and oxygen atoms in total. The van der Waals surface area contributed by atoms with E-state index in [1.54, 1.807) is 21.1 Å². The van der Waals surface area contributed by atoms with Gasteiger partial charge in [-0.15, -0.1) is 0 Å². The van der Waals surface area contributed by atoms with E-state index in [1.165, 1.54) is 13.8 Å². The van der Waals surface area contributed by atoms with Crippen LogP contribution in [0.25, 0.3) is 0 Å². The zero-order valence-corrected chi connectivity index (χ0v) is 11.3. The molecule has 0 radical (unpaired) electrons. The quantitative estimate of drug-likeness (QED) is 0.621. The molecule has 0 aliphatic carbocycles. The number of rotatable bonds is 5. The standard InChI is InChI=1S/C12H19N3O3/c1-6(16)8-10(13-3)9(7(2)17)12(15-5)18-11(8)14-4/h10,13-15H,1-5H3. The van der Waals surface area contributed by atoms with Crippen LogP contribution in [0, 0.1) is 0 Å². The van der Waals surface area contributed by atoms with Gasteiger partial charge >= 0.3 is 0 Å². The van der Waals surface area contributed by atoms with Gasteiger partial charge in [-0.3, -0.25) is 9.59 Å². The molecular formula is C12H19N3O3. The molecule has 18 heavy (non-hydrogen) atoms. The van der Waals surface area contributed by atoms with E-state index < -0.39 is 6.04 Å². The van der Waals surface area contributed by atoms with Gasteiger partial charge < -0.3 is 20.7 Å².